The summed E-state index contributed by atoms with van der Waals surface area (Å²) in [5, 5.41) is 10.6. The summed E-state index contributed by atoms with van der Waals surface area (Å²) in [5.41, 5.74) is 1.66. The molecule has 0 spiro atoms. The molecule has 1 aromatic heterocycles. The van der Waals surface area contributed by atoms with Crippen LogP contribution in [0.4, 0.5) is 0 Å². The van der Waals surface area contributed by atoms with E-state index in [9.17, 15) is 4.79 Å². The molecule has 0 atom stereocenters. The molecule has 0 aliphatic heterocycles. The molecule has 1 aromatic carbocycles. The lowest BCUT2D eigenvalue weighted by molar-refractivity contribution is -0.137. The number of halogens is 2. The van der Waals surface area contributed by atoms with E-state index in [0.717, 1.165) is 10.9 Å². The Morgan fingerprint density at radius 3 is 2.75 bits per heavy atom. The van der Waals surface area contributed by atoms with Crippen LogP contribution in [-0.4, -0.2) is 15.6 Å². The Bertz CT molecular complexity index is 575. The van der Waals surface area contributed by atoms with Gasteiger partial charge in [-0.3, -0.25) is 4.79 Å². The van der Waals surface area contributed by atoms with Gasteiger partial charge in [0.15, 0.2) is 0 Å². The highest BCUT2D eigenvalue weighted by Crippen LogP contribution is 2.33. The van der Waals surface area contributed by atoms with Gasteiger partial charge < -0.3 is 9.67 Å². The van der Waals surface area contributed by atoms with Gasteiger partial charge in [0.2, 0.25) is 0 Å². The number of carbonyl (C=O) groups is 1. The first-order valence-corrected chi connectivity index (χ1v) is 5.41. The Hall–Kier alpha value is -1.19. The molecule has 2 aromatic rings. The van der Waals surface area contributed by atoms with E-state index in [0.29, 0.717) is 15.6 Å². The van der Waals surface area contributed by atoms with Crippen LogP contribution in [0, 0.1) is 6.92 Å². The lowest BCUT2D eigenvalue weighted by Crippen LogP contribution is -2.07. The molecule has 84 valence electrons. The summed E-state index contributed by atoms with van der Waals surface area (Å²) in [5.74, 6) is -0.909. The predicted octanol–water partition coefficient (Wildman–Crippen LogP) is 3.34. The van der Waals surface area contributed by atoms with Crippen molar-refractivity contribution in [2.24, 2.45) is 0 Å². The molecule has 16 heavy (non-hydrogen) atoms. The molecular formula is C11H9Cl2NO2. The smallest absolute Gasteiger partial charge is 0.323 e. The Balaban J connectivity index is 2.75. The van der Waals surface area contributed by atoms with Gasteiger partial charge in [-0.25, -0.2) is 0 Å². The van der Waals surface area contributed by atoms with Crippen LogP contribution in [0.5, 0.6) is 0 Å². The highest BCUT2D eigenvalue weighted by molar-refractivity contribution is 6.45. The van der Waals surface area contributed by atoms with Gasteiger partial charge in [0.25, 0.3) is 0 Å². The summed E-state index contributed by atoms with van der Waals surface area (Å²) >= 11 is 12.0. The van der Waals surface area contributed by atoms with Crippen LogP contribution in [-0.2, 0) is 11.3 Å². The molecule has 3 nitrogen and oxygen atoms in total. The SMILES string of the molecule is Cc1cn(CC(=O)O)c2c(Cl)c(Cl)ccc12. The van der Waals surface area contributed by atoms with Crippen molar-refractivity contribution in [3.8, 4) is 0 Å². The quantitative estimate of drug-likeness (QED) is 0.897. The maximum Gasteiger partial charge on any atom is 0.323 e. The summed E-state index contributed by atoms with van der Waals surface area (Å²) < 4.78 is 1.60. The minimum Gasteiger partial charge on any atom is -0.480 e. The van der Waals surface area contributed by atoms with Crippen LogP contribution in [0.2, 0.25) is 10.0 Å². The van der Waals surface area contributed by atoms with Crippen molar-refractivity contribution >= 4 is 40.1 Å². The van der Waals surface area contributed by atoms with Gasteiger partial charge in [0.1, 0.15) is 6.54 Å². The van der Waals surface area contributed by atoms with Crippen LogP contribution in [0.25, 0.3) is 10.9 Å². The van der Waals surface area contributed by atoms with Crippen molar-refractivity contribution in [1.29, 1.82) is 0 Å². The van der Waals surface area contributed by atoms with Crippen LogP contribution in [0.3, 0.4) is 0 Å². The lowest BCUT2D eigenvalue weighted by Gasteiger charge is -2.04. The molecule has 0 fully saturated rings. The van der Waals surface area contributed by atoms with E-state index < -0.39 is 5.97 Å². The zero-order chi connectivity index (χ0) is 11.9. The Morgan fingerprint density at radius 1 is 1.44 bits per heavy atom. The Labute approximate surface area is 102 Å². The second-order valence-corrected chi connectivity index (χ2v) is 4.38. The number of hydrogen-bond donors (Lipinski definition) is 1. The summed E-state index contributed by atoms with van der Waals surface area (Å²) in [6.45, 7) is 1.79. The van der Waals surface area contributed by atoms with E-state index in [2.05, 4.69) is 0 Å². The number of hydrogen-bond acceptors (Lipinski definition) is 1. The molecule has 0 saturated carbocycles. The lowest BCUT2D eigenvalue weighted by atomic mass is 10.2. The molecule has 5 heteroatoms. The van der Waals surface area contributed by atoms with Gasteiger partial charge in [-0.05, 0) is 18.6 Å². The molecule has 0 bridgehead atoms. The van der Waals surface area contributed by atoms with Crippen LogP contribution in [0.1, 0.15) is 5.56 Å². The number of carboxylic acids is 1. The van der Waals surface area contributed by atoms with Gasteiger partial charge in [-0.15, -0.1) is 0 Å². The van der Waals surface area contributed by atoms with Crippen molar-refractivity contribution in [2.45, 2.75) is 13.5 Å². The summed E-state index contributed by atoms with van der Waals surface area (Å²) in [4.78, 5) is 10.7. The molecule has 0 saturated heterocycles. The maximum atomic E-state index is 10.7. The summed E-state index contributed by atoms with van der Waals surface area (Å²) in [6.07, 6.45) is 1.76. The van der Waals surface area contributed by atoms with E-state index in [1.165, 1.54) is 0 Å². The number of aromatic nitrogens is 1. The molecule has 1 heterocycles. The normalized spacial score (nSPS) is 10.9. The molecule has 0 amide bonds. The second kappa shape index (κ2) is 4.00. The third-order valence-corrected chi connectivity index (χ3v) is 3.23. The van der Waals surface area contributed by atoms with Crippen LogP contribution < -0.4 is 0 Å². The topological polar surface area (TPSA) is 42.2 Å². The first-order chi connectivity index (χ1) is 7.50. The van der Waals surface area contributed by atoms with Gasteiger partial charge in [-0.1, -0.05) is 29.3 Å². The van der Waals surface area contributed by atoms with E-state index in [4.69, 9.17) is 28.3 Å². The molecule has 0 unspecified atom stereocenters. The fraction of sp³-hybridized carbons (Fsp3) is 0.182. The highest BCUT2D eigenvalue weighted by atomic mass is 35.5. The fourth-order valence-electron chi connectivity index (χ4n) is 1.78. The summed E-state index contributed by atoms with van der Waals surface area (Å²) in [6, 6.07) is 3.56. The third-order valence-electron chi connectivity index (χ3n) is 2.44. The number of aryl methyl sites for hydroxylation is 1. The number of fused-ring (bicyclic) bond motifs is 1. The molecule has 2 rings (SSSR count). The van der Waals surface area contributed by atoms with Crippen LogP contribution in [0.15, 0.2) is 18.3 Å². The van der Waals surface area contributed by atoms with E-state index in [-0.39, 0.29) is 6.54 Å². The van der Waals surface area contributed by atoms with Crippen molar-refractivity contribution in [3.05, 3.63) is 33.9 Å². The number of rotatable bonds is 2. The third kappa shape index (κ3) is 1.77. The first kappa shape index (κ1) is 11.3. The molecule has 1 N–H and O–H groups in total. The van der Waals surface area contributed by atoms with Crippen molar-refractivity contribution in [3.63, 3.8) is 0 Å². The second-order valence-electron chi connectivity index (χ2n) is 3.59. The molecule has 0 radical (unpaired) electrons. The van der Waals surface area contributed by atoms with Crippen LogP contribution >= 0.6 is 23.2 Å². The van der Waals surface area contributed by atoms with Gasteiger partial charge in [0, 0.05) is 11.6 Å². The average Bonchev–Trinajstić information content (AvgIpc) is 2.49. The van der Waals surface area contributed by atoms with E-state index in [1.54, 1.807) is 16.8 Å². The monoisotopic (exact) mass is 257 g/mol. The average molecular weight is 258 g/mol. The minimum absolute atomic E-state index is 0.121. The molecular weight excluding hydrogens is 249 g/mol. The standard InChI is InChI=1S/C11H9Cl2NO2/c1-6-4-14(5-9(15)16)11-7(6)2-3-8(12)10(11)13/h2-4H,5H2,1H3,(H,15,16). The number of aliphatic carboxylic acids is 1. The minimum atomic E-state index is -0.909. The van der Waals surface area contributed by atoms with Gasteiger partial charge in [-0.2, -0.15) is 0 Å². The van der Waals surface area contributed by atoms with Gasteiger partial charge >= 0.3 is 5.97 Å². The predicted molar refractivity (Wildman–Crippen MR) is 64.3 cm³/mol. The Morgan fingerprint density at radius 2 is 2.12 bits per heavy atom. The number of carboxylic acid groups (broad SMARTS) is 1. The largest absolute Gasteiger partial charge is 0.480 e. The number of nitrogens with zero attached hydrogens (tertiary/aromatic N) is 1. The van der Waals surface area contributed by atoms with Crippen molar-refractivity contribution in [2.75, 3.05) is 0 Å². The fourth-order valence-corrected chi connectivity index (χ4v) is 2.20. The summed E-state index contributed by atoms with van der Waals surface area (Å²) in [7, 11) is 0. The highest BCUT2D eigenvalue weighted by Gasteiger charge is 2.13. The molecule has 0 aliphatic rings. The maximum absolute atomic E-state index is 10.7. The van der Waals surface area contributed by atoms with Gasteiger partial charge in [0.05, 0.1) is 15.6 Å². The van der Waals surface area contributed by atoms with Crippen molar-refractivity contribution in [1.82, 2.24) is 4.57 Å². The zero-order valence-electron chi connectivity index (χ0n) is 8.50. The van der Waals surface area contributed by atoms with E-state index in [1.807, 2.05) is 13.0 Å². The first-order valence-electron chi connectivity index (χ1n) is 4.66. The molecule has 0 aliphatic carbocycles. The zero-order valence-corrected chi connectivity index (χ0v) is 10.0. The van der Waals surface area contributed by atoms with Crippen molar-refractivity contribution < 1.29 is 9.90 Å². The Kier molecular flexibility index (Phi) is 2.82. The van der Waals surface area contributed by atoms with E-state index >= 15 is 0 Å². The number of benzene rings is 1.